The number of anilines is 1. The SMILES string of the molecule is O=S(=O)(NCCc1ccc(N2CCCC2)cc1)c1ccccc1. The van der Waals surface area contributed by atoms with Crippen molar-refractivity contribution >= 4 is 15.7 Å². The van der Waals surface area contributed by atoms with Crippen LogP contribution in [-0.4, -0.2) is 28.1 Å². The van der Waals surface area contributed by atoms with Gasteiger partial charge in [-0.05, 0) is 49.1 Å². The van der Waals surface area contributed by atoms with Crippen molar-refractivity contribution in [2.45, 2.75) is 24.2 Å². The molecular weight excluding hydrogens is 308 g/mol. The van der Waals surface area contributed by atoms with E-state index in [0.29, 0.717) is 17.9 Å². The molecule has 0 radical (unpaired) electrons. The zero-order valence-corrected chi connectivity index (χ0v) is 13.9. The van der Waals surface area contributed by atoms with Gasteiger partial charge in [-0.15, -0.1) is 0 Å². The largest absolute Gasteiger partial charge is 0.372 e. The van der Waals surface area contributed by atoms with Crippen molar-refractivity contribution in [2.75, 3.05) is 24.5 Å². The number of nitrogens with zero attached hydrogens (tertiary/aromatic N) is 1. The molecule has 1 heterocycles. The quantitative estimate of drug-likeness (QED) is 0.886. The fourth-order valence-corrected chi connectivity index (χ4v) is 3.91. The molecule has 0 amide bonds. The zero-order chi connectivity index (χ0) is 16.1. The highest BCUT2D eigenvalue weighted by atomic mass is 32.2. The summed E-state index contributed by atoms with van der Waals surface area (Å²) in [6, 6.07) is 16.9. The number of benzene rings is 2. The van der Waals surface area contributed by atoms with Gasteiger partial charge in [0.1, 0.15) is 0 Å². The molecule has 1 fully saturated rings. The van der Waals surface area contributed by atoms with Crippen LogP contribution in [0.25, 0.3) is 0 Å². The molecule has 1 N–H and O–H groups in total. The molecule has 1 saturated heterocycles. The van der Waals surface area contributed by atoms with Crippen LogP contribution in [0.5, 0.6) is 0 Å². The summed E-state index contributed by atoms with van der Waals surface area (Å²) < 4.78 is 26.9. The second kappa shape index (κ2) is 7.15. The number of hydrogen-bond acceptors (Lipinski definition) is 3. The maximum atomic E-state index is 12.1. The van der Waals surface area contributed by atoms with Crippen LogP contribution in [0.4, 0.5) is 5.69 Å². The van der Waals surface area contributed by atoms with Crippen molar-refractivity contribution in [3.05, 3.63) is 60.2 Å². The van der Waals surface area contributed by atoms with Crippen LogP contribution >= 0.6 is 0 Å². The second-order valence-electron chi connectivity index (χ2n) is 5.82. The van der Waals surface area contributed by atoms with Crippen molar-refractivity contribution in [3.8, 4) is 0 Å². The Hall–Kier alpha value is -1.85. The van der Waals surface area contributed by atoms with E-state index in [1.165, 1.54) is 18.5 Å². The molecule has 2 aromatic carbocycles. The van der Waals surface area contributed by atoms with Gasteiger partial charge in [0, 0.05) is 25.3 Å². The van der Waals surface area contributed by atoms with Crippen molar-refractivity contribution in [2.24, 2.45) is 0 Å². The molecule has 0 spiro atoms. The van der Waals surface area contributed by atoms with E-state index in [1.807, 2.05) is 0 Å². The third-order valence-electron chi connectivity index (χ3n) is 4.17. The third-order valence-corrected chi connectivity index (χ3v) is 5.64. The molecule has 23 heavy (non-hydrogen) atoms. The second-order valence-corrected chi connectivity index (χ2v) is 7.59. The maximum Gasteiger partial charge on any atom is 0.240 e. The summed E-state index contributed by atoms with van der Waals surface area (Å²) in [5.74, 6) is 0. The summed E-state index contributed by atoms with van der Waals surface area (Å²) in [5.41, 5.74) is 2.40. The van der Waals surface area contributed by atoms with Gasteiger partial charge in [0.15, 0.2) is 0 Å². The molecular formula is C18H22N2O2S. The van der Waals surface area contributed by atoms with Crippen LogP contribution in [-0.2, 0) is 16.4 Å². The van der Waals surface area contributed by atoms with Gasteiger partial charge in [0.25, 0.3) is 0 Å². The van der Waals surface area contributed by atoms with Gasteiger partial charge < -0.3 is 4.90 Å². The third kappa shape index (κ3) is 4.12. The summed E-state index contributed by atoms with van der Waals surface area (Å²) in [4.78, 5) is 2.70. The number of nitrogens with one attached hydrogen (secondary N) is 1. The Labute approximate surface area is 138 Å². The van der Waals surface area contributed by atoms with E-state index in [1.54, 1.807) is 30.3 Å². The zero-order valence-electron chi connectivity index (χ0n) is 13.1. The molecule has 0 unspecified atom stereocenters. The molecule has 0 atom stereocenters. The van der Waals surface area contributed by atoms with Crippen LogP contribution < -0.4 is 9.62 Å². The Morgan fingerprint density at radius 3 is 2.22 bits per heavy atom. The summed E-state index contributed by atoms with van der Waals surface area (Å²) >= 11 is 0. The van der Waals surface area contributed by atoms with Gasteiger partial charge in [-0.2, -0.15) is 0 Å². The van der Waals surface area contributed by atoms with E-state index < -0.39 is 10.0 Å². The Morgan fingerprint density at radius 1 is 0.913 bits per heavy atom. The molecule has 4 nitrogen and oxygen atoms in total. The van der Waals surface area contributed by atoms with Crippen LogP contribution in [0.2, 0.25) is 0 Å². The van der Waals surface area contributed by atoms with Gasteiger partial charge in [0.2, 0.25) is 10.0 Å². The first-order chi connectivity index (χ1) is 11.1. The average molecular weight is 330 g/mol. The lowest BCUT2D eigenvalue weighted by molar-refractivity contribution is 0.581. The van der Waals surface area contributed by atoms with Crippen molar-refractivity contribution < 1.29 is 8.42 Å². The molecule has 1 aliphatic rings. The van der Waals surface area contributed by atoms with E-state index in [0.717, 1.165) is 18.7 Å². The molecule has 0 aliphatic carbocycles. The number of sulfonamides is 1. The fraction of sp³-hybridized carbons (Fsp3) is 0.333. The van der Waals surface area contributed by atoms with Gasteiger partial charge in [-0.1, -0.05) is 30.3 Å². The van der Waals surface area contributed by atoms with Crippen molar-refractivity contribution in [1.29, 1.82) is 0 Å². The van der Waals surface area contributed by atoms with E-state index in [4.69, 9.17) is 0 Å². The highest BCUT2D eigenvalue weighted by molar-refractivity contribution is 7.89. The monoisotopic (exact) mass is 330 g/mol. The molecule has 5 heteroatoms. The maximum absolute atomic E-state index is 12.1. The molecule has 0 aromatic heterocycles. The minimum atomic E-state index is -3.41. The van der Waals surface area contributed by atoms with Crippen LogP contribution in [0.15, 0.2) is 59.5 Å². The minimum absolute atomic E-state index is 0.310. The first-order valence-electron chi connectivity index (χ1n) is 8.04. The van der Waals surface area contributed by atoms with Gasteiger partial charge in [0.05, 0.1) is 4.90 Å². The van der Waals surface area contributed by atoms with E-state index >= 15 is 0 Å². The van der Waals surface area contributed by atoms with Crippen molar-refractivity contribution in [1.82, 2.24) is 4.72 Å². The van der Waals surface area contributed by atoms with Crippen molar-refractivity contribution in [3.63, 3.8) is 0 Å². The average Bonchev–Trinajstić information content (AvgIpc) is 3.11. The molecule has 1 aliphatic heterocycles. The lowest BCUT2D eigenvalue weighted by Crippen LogP contribution is -2.26. The first-order valence-corrected chi connectivity index (χ1v) is 9.52. The predicted octanol–water partition coefficient (Wildman–Crippen LogP) is 2.81. The van der Waals surface area contributed by atoms with Crippen LogP contribution in [0, 0.1) is 0 Å². The molecule has 122 valence electrons. The first kappa shape index (κ1) is 16.0. The van der Waals surface area contributed by atoms with E-state index in [-0.39, 0.29) is 0 Å². The number of hydrogen-bond donors (Lipinski definition) is 1. The molecule has 2 aromatic rings. The van der Waals surface area contributed by atoms with E-state index in [9.17, 15) is 8.42 Å². The normalized spacial score (nSPS) is 15.0. The summed E-state index contributed by atoms with van der Waals surface area (Å²) in [7, 11) is -3.41. The smallest absolute Gasteiger partial charge is 0.240 e. The summed E-state index contributed by atoms with van der Waals surface area (Å²) in [6.45, 7) is 2.67. The molecule has 0 saturated carbocycles. The topological polar surface area (TPSA) is 49.4 Å². The minimum Gasteiger partial charge on any atom is -0.372 e. The Balaban J connectivity index is 1.54. The Bertz CT molecular complexity index is 721. The van der Waals surface area contributed by atoms with Gasteiger partial charge >= 0.3 is 0 Å². The summed E-state index contributed by atoms with van der Waals surface area (Å²) in [5, 5.41) is 0. The standard InChI is InChI=1S/C18H22N2O2S/c21-23(22,18-6-2-1-3-7-18)19-13-12-16-8-10-17(11-9-16)20-14-4-5-15-20/h1-3,6-11,19H,4-5,12-15H2. The highest BCUT2D eigenvalue weighted by Crippen LogP contribution is 2.20. The predicted molar refractivity (Wildman–Crippen MR) is 93.2 cm³/mol. The lowest BCUT2D eigenvalue weighted by atomic mass is 10.1. The number of rotatable bonds is 6. The molecule has 3 rings (SSSR count). The fourth-order valence-electron chi connectivity index (χ4n) is 2.86. The molecule has 0 bridgehead atoms. The van der Waals surface area contributed by atoms with Gasteiger partial charge in [-0.25, -0.2) is 13.1 Å². The van der Waals surface area contributed by atoms with Crippen LogP contribution in [0.1, 0.15) is 18.4 Å². The van der Waals surface area contributed by atoms with Crippen LogP contribution in [0.3, 0.4) is 0 Å². The Morgan fingerprint density at radius 2 is 1.57 bits per heavy atom. The van der Waals surface area contributed by atoms with E-state index in [2.05, 4.69) is 33.9 Å². The van der Waals surface area contributed by atoms with Gasteiger partial charge in [-0.3, -0.25) is 0 Å². The lowest BCUT2D eigenvalue weighted by Gasteiger charge is -2.17. The highest BCUT2D eigenvalue weighted by Gasteiger charge is 2.13. The Kier molecular flexibility index (Phi) is 4.98. The summed E-state index contributed by atoms with van der Waals surface area (Å²) in [6.07, 6.45) is 3.22.